The molecular weight excluding hydrogens is 354 g/mol. The lowest BCUT2D eigenvalue weighted by molar-refractivity contribution is 0.101. The standard InChI is InChI=1S/C20H22F2N2OS/c1-5-24(4)12-23-18-10-17(22)15(9-14(18)3)19(25)11-26-20-13(2)7-6-8-16(20)21/h6-10,12H,5,11H2,1-4H3/b23-12+. The molecule has 0 atom stereocenters. The third-order valence-corrected chi connectivity index (χ3v) is 5.20. The summed E-state index contributed by atoms with van der Waals surface area (Å²) in [5.41, 5.74) is 1.95. The van der Waals surface area contributed by atoms with Crippen LogP contribution in [0.4, 0.5) is 14.5 Å². The summed E-state index contributed by atoms with van der Waals surface area (Å²) in [5, 5.41) is 0. The van der Waals surface area contributed by atoms with Gasteiger partial charge in [-0.25, -0.2) is 13.8 Å². The molecule has 0 aromatic heterocycles. The van der Waals surface area contributed by atoms with Crippen molar-refractivity contribution in [2.45, 2.75) is 25.7 Å². The molecule has 138 valence electrons. The number of hydrogen-bond donors (Lipinski definition) is 0. The van der Waals surface area contributed by atoms with Gasteiger partial charge in [0.1, 0.15) is 11.6 Å². The lowest BCUT2D eigenvalue weighted by atomic mass is 10.1. The second-order valence-electron chi connectivity index (χ2n) is 6.03. The highest BCUT2D eigenvalue weighted by Crippen LogP contribution is 2.28. The SMILES string of the molecule is CCN(C)/C=N/c1cc(F)c(C(=O)CSc2c(C)cccc2F)cc1C. The second-order valence-corrected chi connectivity index (χ2v) is 7.02. The zero-order valence-electron chi connectivity index (χ0n) is 15.3. The number of hydrogen-bond acceptors (Lipinski definition) is 3. The molecular formula is C20H22F2N2OS. The van der Waals surface area contributed by atoms with Crippen LogP contribution in [0.3, 0.4) is 0 Å². The maximum atomic E-state index is 14.4. The van der Waals surface area contributed by atoms with Gasteiger partial charge in [-0.3, -0.25) is 4.79 Å². The fourth-order valence-corrected chi connectivity index (χ4v) is 3.21. The molecule has 3 nitrogen and oxygen atoms in total. The van der Waals surface area contributed by atoms with Gasteiger partial charge in [0.2, 0.25) is 0 Å². The van der Waals surface area contributed by atoms with Crippen LogP contribution in [-0.4, -0.2) is 36.4 Å². The zero-order valence-corrected chi connectivity index (χ0v) is 16.2. The highest BCUT2D eigenvalue weighted by atomic mass is 32.2. The molecule has 0 aliphatic rings. The Labute approximate surface area is 157 Å². The van der Waals surface area contributed by atoms with Crippen molar-refractivity contribution in [1.29, 1.82) is 0 Å². The summed E-state index contributed by atoms with van der Waals surface area (Å²) < 4.78 is 28.2. The number of aryl methyl sites for hydroxylation is 2. The van der Waals surface area contributed by atoms with Crippen molar-refractivity contribution in [1.82, 2.24) is 4.90 Å². The number of halogens is 2. The molecule has 2 aromatic carbocycles. The number of aliphatic imine (C=N–C) groups is 1. The van der Waals surface area contributed by atoms with Crippen molar-refractivity contribution < 1.29 is 13.6 Å². The third kappa shape index (κ3) is 4.91. The van der Waals surface area contributed by atoms with Crippen LogP contribution in [0.5, 0.6) is 0 Å². The summed E-state index contributed by atoms with van der Waals surface area (Å²) >= 11 is 1.09. The normalized spacial score (nSPS) is 11.2. The lowest BCUT2D eigenvalue weighted by Crippen LogP contribution is -2.14. The van der Waals surface area contributed by atoms with Crippen LogP contribution >= 0.6 is 11.8 Å². The number of carbonyl (C=O) groups is 1. The summed E-state index contributed by atoms with van der Waals surface area (Å²) in [6.07, 6.45) is 1.63. The molecule has 0 saturated carbocycles. The Hall–Kier alpha value is -2.21. The van der Waals surface area contributed by atoms with Gasteiger partial charge in [0.05, 0.1) is 23.3 Å². The molecule has 0 fully saturated rings. The first kappa shape index (κ1) is 20.1. The summed E-state index contributed by atoms with van der Waals surface area (Å²) in [6, 6.07) is 7.52. The maximum Gasteiger partial charge on any atom is 0.176 e. The number of benzene rings is 2. The fourth-order valence-electron chi connectivity index (χ4n) is 2.28. The number of thioether (sulfide) groups is 1. The Morgan fingerprint density at radius 1 is 1.19 bits per heavy atom. The Morgan fingerprint density at radius 2 is 1.92 bits per heavy atom. The minimum Gasteiger partial charge on any atom is -0.366 e. The Kier molecular flexibility index (Phi) is 6.91. The van der Waals surface area contributed by atoms with E-state index in [0.717, 1.165) is 23.9 Å². The van der Waals surface area contributed by atoms with Gasteiger partial charge in [-0.2, -0.15) is 0 Å². The van der Waals surface area contributed by atoms with E-state index in [2.05, 4.69) is 4.99 Å². The highest BCUT2D eigenvalue weighted by molar-refractivity contribution is 8.00. The van der Waals surface area contributed by atoms with Crippen LogP contribution in [0.15, 0.2) is 40.2 Å². The molecule has 0 radical (unpaired) electrons. The topological polar surface area (TPSA) is 32.7 Å². The van der Waals surface area contributed by atoms with E-state index in [4.69, 9.17) is 0 Å². The van der Waals surface area contributed by atoms with E-state index in [0.29, 0.717) is 16.1 Å². The molecule has 0 N–H and O–H groups in total. The summed E-state index contributed by atoms with van der Waals surface area (Å²) in [7, 11) is 1.87. The third-order valence-electron chi connectivity index (χ3n) is 3.99. The minimum absolute atomic E-state index is 0.00629. The van der Waals surface area contributed by atoms with E-state index in [-0.39, 0.29) is 22.9 Å². The van der Waals surface area contributed by atoms with Crippen molar-refractivity contribution in [2.24, 2.45) is 4.99 Å². The largest absolute Gasteiger partial charge is 0.366 e. The van der Waals surface area contributed by atoms with Crippen LogP contribution < -0.4 is 0 Å². The molecule has 26 heavy (non-hydrogen) atoms. The Morgan fingerprint density at radius 3 is 2.58 bits per heavy atom. The smallest absolute Gasteiger partial charge is 0.176 e. The van der Waals surface area contributed by atoms with Crippen molar-refractivity contribution in [3.63, 3.8) is 0 Å². The van der Waals surface area contributed by atoms with Crippen molar-refractivity contribution >= 4 is 29.6 Å². The van der Waals surface area contributed by atoms with Crippen LogP contribution in [-0.2, 0) is 0 Å². The lowest BCUT2D eigenvalue weighted by Gasteiger charge is -2.10. The first-order chi connectivity index (χ1) is 12.3. The quantitative estimate of drug-likeness (QED) is 0.289. The van der Waals surface area contributed by atoms with E-state index >= 15 is 0 Å². The first-order valence-electron chi connectivity index (χ1n) is 8.29. The van der Waals surface area contributed by atoms with Gasteiger partial charge < -0.3 is 4.90 Å². The monoisotopic (exact) mass is 376 g/mol. The molecule has 0 aliphatic heterocycles. The van der Waals surface area contributed by atoms with Gasteiger partial charge in [0, 0.05) is 24.6 Å². The fraction of sp³-hybridized carbons (Fsp3) is 0.300. The van der Waals surface area contributed by atoms with Gasteiger partial charge in [0.25, 0.3) is 0 Å². The summed E-state index contributed by atoms with van der Waals surface area (Å²) in [5.74, 6) is -1.39. The number of rotatable bonds is 7. The molecule has 0 unspecified atom stereocenters. The van der Waals surface area contributed by atoms with Gasteiger partial charge >= 0.3 is 0 Å². The van der Waals surface area contributed by atoms with Crippen LogP contribution in [0.25, 0.3) is 0 Å². The van der Waals surface area contributed by atoms with Crippen molar-refractivity contribution in [2.75, 3.05) is 19.3 Å². The average Bonchev–Trinajstić information content (AvgIpc) is 2.61. The molecule has 0 heterocycles. The predicted octanol–water partition coefficient (Wildman–Crippen LogP) is 5.17. The summed E-state index contributed by atoms with van der Waals surface area (Å²) in [6.45, 7) is 6.33. The number of carbonyl (C=O) groups excluding carboxylic acids is 1. The molecule has 2 rings (SSSR count). The van der Waals surface area contributed by atoms with Crippen LogP contribution in [0.1, 0.15) is 28.4 Å². The van der Waals surface area contributed by atoms with Gasteiger partial charge in [0.15, 0.2) is 5.78 Å². The first-order valence-corrected chi connectivity index (χ1v) is 9.27. The number of Topliss-reactive ketones (excluding diaryl/α,β-unsaturated/α-hetero) is 1. The Bertz CT molecular complexity index is 817. The Balaban J connectivity index is 2.17. The number of ketones is 1. The number of nitrogens with zero attached hydrogens (tertiary/aromatic N) is 2. The average molecular weight is 376 g/mol. The predicted molar refractivity (Wildman–Crippen MR) is 104 cm³/mol. The van der Waals surface area contributed by atoms with Crippen LogP contribution in [0.2, 0.25) is 0 Å². The van der Waals surface area contributed by atoms with E-state index in [9.17, 15) is 13.6 Å². The zero-order chi connectivity index (χ0) is 19.3. The molecule has 0 amide bonds. The van der Waals surface area contributed by atoms with E-state index in [1.165, 1.54) is 18.2 Å². The van der Waals surface area contributed by atoms with E-state index in [1.54, 1.807) is 32.3 Å². The molecule has 0 aliphatic carbocycles. The van der Waals surface area contributed by atoms with E-state index < -0.39 is 5.82 Å². The highest BCUT2D eigenvalue weighted by Gasteiger charge is 2.16. The summed E-state index contributed by atoms with van der Waals surface area (Å²) in [4.78, 5) is 18.9. The van der Waals surface area contributed by atoms with Gasteiger partial charge in [-0.05, 0) is 44.0 Å². The maximum absolute atomic E-state index is 14.4. The molecule has 2 aromatic rings. The van der Waals surface area contributed by atoms with Crippen molar-refractivity contribution in [3.8, 4) is 0 Å². The van der Waals surface area contributed by atoms with E-state index in [1.807, 2.05) is 18.9 Å². The van der Waals surface area contributed by atoms with Crippen molar-refractivity contribution in [3.05, 3.63) is 58.7 Å². The minimum atomic E-state index is -0.613. The molecule has 0 saturated heterocycles. The molecule has 6 heteroatoms. The van der Waals surface area contributed by atoms with Crippen LogP contribution in [0, 0.1) is 25.5 Å². The van der Waals surface area contributed by atoms with Gasteiger partial charge in [-0.1, -0.05) is 12.1 Å². The molecule has 0 bridgehead atoms. The van der Waals surface area contributed by atoms with Gasteiger partial charge in [-0.15, -0.1) is 11.8 Å². The molecule has 0 spiro atoms. The second kappa shape index (κ2) is 8.94.